The number of carbonyl (C=O) groups excluding carboxylic acids is 1. The van der Waals surface area contributed by atoms with Gasteiger partial charge in [0.05, 0.1) is 5.69 Å². The Morgan fingerprint density at radius 2 is 2.11 bits per heavy atom. The molecule has 3 nitrogen and oxygen atoms in total. The summed E-state index contributed by atoms with van der Waals surface area (Å²) >= 11 is 0. The molecule has 0 spiro atoms. The summed E-state index contributed by atoms with van der Waals surface area (Å²) < 4.78 is 13.6. The average Bonchev–Trinajstić information content (AvgIpc) is 2.35. The number of hydrogen-bond acceptors (Lipinski definition) is 2. The Morgan fingerprint density at radius 1 is 1.42 bits per heavy atom. The van der Waals surface area contributed by atoms with Gasteiger partial charge in [-0.2, -0.15) is 0 Å². The van der Waals surface area contributed by atoms with E-state index >= 15 is 0 Å². The van der Waals surface area contributed by atoms with Gasteiger partial charge in [0.1, 0.15) is 5.82 Å². The highest BCUT2D eigenvalue weighted by Crippen LogP contribution is 2.21. The molecular weight excluding hydrogens is 267 g/mol. The van der Waals surface area contributed by atoms with Crippen LogP contribution in [0.3, 0.4) is 0 Å². The van der Waals surface area contributed by atoms with Crippen LogP contribution < -0.4 is 10.6 Å². The number of amides is 1. The first-order chi connectivity index (χ1) is 8.66. The molecule has 0 atom stereocenters. The first kappa shape index (κ1) is 15.9. The van der Waals surface area contributed by atoms with Gasteiger partial charge in [-0.05, 0) is 50.4 Å². The third kappa shape index (κ3) is 4.48. The summed E-state index contributed by atoms with van der Waals surface area (Å²) in [6, 6.07) is 4.81. The second kappa shape index (κ2) is 7.46. The number of para-hydroxylation sites is 1. The molecule has 0 radical (unpaired) electrons. The summed E-state index contributed by atoms with van der Waals surface area (Å²) in [4.78, 5) is 11.9. The largest absolute Gasteiger partial charge is 0.323 e. The molecule has 2 N–H and O–H groups in total. The maximum Gasteiger partial charge on any atom is 0.224 e. The van der Waals surface area contributed by atoms with Crippen molar-refractivity contribution < 1.29 is 9.18 Å². The molecule has 106 valence electrons. The van der Waals surface area contributed by atoms with Crippen molar-refractivity contribution in [3.63, 3.8) is 0 Å². The summed E-state index contributed by atoms with van der Waals surface area (Å²) in [7, 11) is 0. The van der Waals surface area contributed by atoms with Crippen LogP contribution in [0.2, 0.25) is 0 Å². The van der Waals surface area contributed by atoms with Gasteiger partial charge in [-0.15, -0.1) is 12.4 Å². The average molecular weight is 287 g/mol. The van der Waals surface area contributed by atoms with Crippen LogP contribution >= 0.6 is 12.4 Å². The second-order valence-electron chi connectivity index (χ2n) is 4.88. The van der Waals surface area contributed by atoms with Crippen LogP contribution in [0.4, 0.5) is 10.1 Å². The van der Waals surface area contributed by atoms with E-state index in [-0.39, 0.29) is 24.1 Å². The van der Waals surface area contributed by atoms with Gasteiger partial charge < -0.3 is 10.6 Å². The van der Waals surface area contributed by atoms with Crippen LogP contribution in [0.25, 0.3) is 0 Å². The Hall–Kier alpha value is -1.13. The van der Waals surface area contributed by atoms with Gasteiger partial charge >= 0.3 is 0 Å². The molecule has 1 fully saturated rings. The van der Waals surface area contributed by atoms with E-state index in [0.717, 1.165) is 31.5 Å². The van der Waals surface area contributed by atoms with E-state index < -0.39 is 0 Å². The smallest absolute Gasteiger partial charge is 0.224 e. The third-order valence-electron chi connectivity index (χ3n) is 3.42. The minimum Gasteiger partial charge on any atom is -0.323 e. The van der Waals surface area contributed by atoms with E-state index in [1.807, 2.05) is 0 Å². The molecule has 2 rings (SSSR count). The van der Waals surface area contributed by atoms with Crippen LogP contribution in [-0.2, 0) is 4.79 Å². The van der Waals surface area contributed by atoms with E-state index in [0.29, 0.717) is 18.0 Å². The van der Waals surface area contributed by atoms with Crippen molar-refractivity contribution in [3.8, 4) is 0 Å². The Labute approximate surface area is 119 Å². The van der Waals surface area contributed by atoms with Gasteiger partial charge in [-0.1, -0.05) is 12.1 Å². The molecule has 5 heteroatoms. The molecular formula is C14H20ClFN2O. The Balaban J connectivity index is 0.00000180. The topological polar surface area (TPSA) is 41.1 Å². The molecule has 0 bridgehead atoms. The fourth-order valence-corrected chi connectivity index (χ4v) is 2.33. The first-order valence-electron chi connectivity index (χ1n) is 6.42. The zero-order chi connectivity index (χ0) is 13.0. The van der Waals surface area contributed by atoms with E-state index in [2.05, 4.69) is 10.6 Å². The Bertz CT molecular complexity index is 413. The fraction of sp³-hybridized carbons (Fsp3) is 0.500. The standard InChI is InChI=1S/C14H19FN2O.ClH/c1-10-3-2-4-12(15)14(10)17-13(18)9-11-5-7-16-8-6-11;/h2-4,11,16H,5-9H2,1H3,(H,17,18);1H. The van der Waals surface area contributed by atoms with Crippen LogP contribution in [-0.4, -0.2) is 19.0 Å². The van der Waals surface area contributed by atoms with E-state index in [1.165, 1.54) is 6.07 Å². The van der Waals surface area contributed by atoms with Crippen molar-refractivity contribution in [2.45, 2.75) is 26.2 Å². The number of piperidine rings is 1. The van der Waals surface area contributed by atoms with Crippen LogP contribution in [0.5, 0.6) is 0 Å². The summed E-state index contributed by atoms with van der Waals surface area (Å²) in [5.41, 5.74) is 1.07. The van der Waals surface area contributed by atoms with Crippen molar-refractivity contribution >= 4 is 24.0 Å². The Kier molecular flexibility index (Phi) is 6.25. The number of hydrogen-bond donors (Lipinski definition) is 2. The van der Waals surface area contributed by atoms with Crippen molar-refractivity contribution in [1.82, 2.24) is 5.32 Å². The highest BCUT2D eigenvalue weighted by atomic mass is 35.5. The molecule has 1 aromatic rings. The van der Waals surface area contributed by atoms with Gasteiger partial charge in [0.2, 0.25) is 5.91 Å². The van der Waals surface area contributed by atoms with Gasteiger partial charge in [-0.3, -0.25) is 4.79 Å². The highest BCUT2D eigenvalue weighted by molar-refractivity contribution is 5.91. The highest BCUT2D eigenvalue weighted by Gasteiger charge is 2.18. The lowest BCUT2D eigenvalue weighted by atomic mass is 9.94. The van der Waals surface area contributed by atoms with Crippen LogP contribution in [0, 0.1) is 18.7 Å². The predicted octanol–water partition coefficient (Wildman–Crippen LogP) is 2.88. The number of rotatable bonds is 3. The second-order valence-corrected chi connectivity index (χ2v) is 4.88. The van der Waals surface area contributed by atoms with E-state index in [4.69, 9.17) is 0 Å². The first-order valence-corrected chi connectivity index (χ1v) is 6.42. The van der Waals surface area contributed by atoms with Crippen molar-refractivity contribution in [2.24, 2.45) is 5.92 Å². The van der Waals surface area contributed by atoms with Crippen LogP contribution in [0.1, 0.15) is 24.8 Å². The van der Waals surface area contributed by atoms with Crippen molar-refractivity contribution in [3.05, 3.63) is 29.6 Å². The van der Waals surface area contributed by atoms with Crippen molar-refractivity contribution in [1.29, 1.82) is 0 Å². The quantitative estimate of drug-likeness (QED) is 0.897. The number of nitrogens with one attached hydrogen (secondary N) is 2. The number of carbonyl (C=O) groups is 1. The fourth-order valence-electron chi connectivity index (χ4n) is 2.33. The molecule has 1 saturated heterocycles. The zero-order valence-electron chi connectivity index (χ0n) is 11.0. The number of halogens is 2. The number of aryl methyl sites for hydroxylation is 1. The summed E-state index contributed by atoms with van der Waals surface area (Å²) in [6.07, 6.45) is 2.52. The van der Waals surface area contributed by atoms with Gasteiger partial charge in [-0.25, -0.2) is 4.39 Å². The maximum atomic E-state index is 13.6. The van der Waals surface area contributed by atoms with Crippen LogP contribution in [0.15, 0.2) is 18.2 Å². The molecule has 1 heterocycles. The normalized spacial score (nSPS) is 15.7. The number of anilines is 1. The van der Waals surface area contributed by atoms with Gasteiger partial charge in [0, 0.05) is 6.42 Å². The Morgan fingerprint density at radius 3 is 2.74 bits per heavy atom. The molecule has 19 heavy (non-hydrogen) atoms. The summed E-state index contributed by atoms with van der Waals surface area (Å²) in [5.74, 6) is -0.0397. The molecule has 1 aliphatic rings. The predicted molar refractivity (Wildman–Crippen MR) is 77.2 cm³/mol. The molecule has 1 aromatic carbocycles. The van der Waals surface area contributed by atoms with Gasteiger partial charge in [0.25, 0.3) is 0 Å². The molecule has 0 unspecified atom stereocenters. The third-order valence-corrected chi connectivity index (χ3v) is 3.42. The molecule has 1 aliphatic heterocycles. The summed E-state index contributed by atoms with van der Waals surface area (Å²) in [5, 5.41) is 5.96. The summed E-state index contributed by atoms with van der Waals surface area (Å²) in [6.45, 7) is 3.73. The molecule has 0 aliphatic carbocycles. The van der Waals surface area contributed by atoms with Gasteiger partial charge in [0.15, 0.2) is 0 Å². The van der Waals surface area contributed by atoms with E-state index in [9.17, 15) is 9.18 Å². The lowest BCUT2D eigenvalue weighted by Gasteiger charge is -2.22. The SMILES string of the molecule is Cc1cccc(F)c1NC(=O)CC1CCNCC1.Cl. The molecule has 1 amide bonds. The maximum absolute atomic E-state index is 13.6. The minimum atomic E-state index is -0.367. The zero-order valence-corrected chi connectivity index (χ0v) is 11.9. The minimum absolute atomic E-state index is 0. The molecule has 0 aromatic heterocycles. The monoisotopic (exact) mass is 286 g/mol. The van der Waals surface area contributed by atoms with E-state index in [1.54, 1.807) is 19.1 Å². The molecule has 0 saturated carbocycles. The lowest BCUT2D eigenvalue weighted by Crippen LogP contribution is -2.30. The lowest BCUT2D eigenvalue weighted by molar-refractivity contribution is -0.117. The van der Waals surface area contributed by atoms with Crippen molar-refractivity contribution in [2.75, 3.05) is 18.4 Å². The number of benzene rings is 1.